The summed E-state index contributed by atoms with van der Waals surface area (Å²) in [6.07, 6.45) is 3.21. The maximum atomic E-state index is 13.1. The average Bonchev–Trinajstić information content (AvgIpc) is 3.03. The second kappa shape index (κ2) is 7.56. The number of rotatable bonds is 7. The molecule has 0 radical (unpaired) electrons. The van der Waals surface area contributed by atoms with Crippen LogP contribution in [0.25, 0.3) is 22.6 Å². The molecular weight excluding hydrogens is 328 g/mol. The summed E-state index contributed by atoms with van der Waals surface area (Å²) in [6, 6.07) is 9.77. The van der Waals surface area contributed by atoms with Gasteiger partial charge >= 0.3 is 5.69 Å². The first-order valence-corrected chi connectivity index (χ1v) is 9.04. The highest BCUT2D eigenvalue weighted by atomic mass is 16.2. The molecule has 2 heterocycles. The molecule has 0 bridgehead atoms. The van der Waals surface area contributed by atoms with Crippen molar-refractivity contribution in [3.63, 3.8) is 0 Å². The number of allylic oxidation sites excluding steroid dienone is 1. The van der Waals surface area contributed by atoms with Crippen LogP contribution in [0, 0.1) is 0 Å². The quantitative estimate of drug-likeness (QED) is 0.614. The molecule has 0 N–H and O–H groups in total. The Balaban J connectivity index is 2.46. The molecule has 0 atom stereocenters. The molecule has 1 aromatic carbocycles. The van der Waals surface area contributed by atoms with E-state index in [1.165, 1.54) is 4.57 Å². The molecule has 26 heavy (non-hydrogen) atoms. The third-order valence-electron chi connectivity index (χ3n) is 4.35. The number of hydrogen-bond donors (Lipinski definition) is 0. The van der Waals surface area contributed by atoms with Gasteiger partial charge in [0.15, 0.2) is 11.2 Å². The minimum Gasteiger partial charge on any atom is -0.318 e. The Bertz CT molecular complexity index is 1040. The fraction of sp³-hybridized carbons (Fsp3) is 0.350. The molecule has 2 aromatic heterocycles. The van der Waals surface area contributed by atoms with Crippen LogP contribution in [0.15, 0.2) is 52.6 Å². The van der Waals surface area contributed by atoms with Gasteiger partial charge in [-0.1, -0.05) is 50.3 Å². The standard InChI is InChI=1S/C20H24N4O2/c1-4-12-22-16-18(21-17(22)15-10-8-7-9-11-15)23(13-5-2)20(26)24(14-6-3)19(16)25/h6-11H,3-5,12-14H2,1-2H3. The van der Waals surface area contributed by atoms with Crippen LogP contribution < -0.4 is 11.2 Å². The van der Waals surface area contributed by atoms with E-state index in [1.807, 2.05) is 41.8 Å². The number of benzene rings is 1. The van der Waals surface area contributed by atoms with Crippen molar-refractivity contribution in [2.45, 2.75) is 46.3 Å². The van der Waals surface area contributed by atoms with Crippen molar-refractivity contribution in [3.05, 3.63) is 63.8 Å². The highest BCUT2D eigenvalue weighted by molar-refractivity contribution is 5.77. The van der Waals surface area contributed by atoms with Gasteiger partial charge in [-0.25, -0.2) is 9.78 Å². The second-order valence-electron chi connectivity index (χ2n) is 6.26. The van der Waals surface area contributed by atoms with E-state index in [-0.39, 0.29) is 17.8 Å². The topological polar surface area (TPSA) is 61.8 Å². The summed E-state index contributed by atoms with van der Waals surface area (Å²) in [5.41, 5.74) is 1.25. The Hall–Kier alpha value is -2.89. The van der Waals surface area contributed by atoms with Crippen LogP contribution in [0.3, 0.4) is 0 Å². The average molecular weight is 352 g/mol. The Morgan fingerprint density at radius 1 is 1.00 bits per heavy atom. The molecule has 0 saturated heterocycles. The lowest BCUT2D eigenvalue weighted by molar-refractivity contribution is 0.591. The second-order valence-corrected chi connectivity index (χ2v) is 6.26. The Kier molecular flexibility index (Phi) is 5.21. The number of fused-ring (bicyclic) bond motifs is 1. The summed E-state index contributed by atoms with van der Waals surface area (Å²) in [4.78, 5) is 30.6. The van der Waals surface area contributed by atoms with E-state index in [0.717, 1.165) is 24.2 Å². The number of aromatic nitrogens is 4. The summed E-state index contributed by atoms with van der Waals surface area (Å²) >= 11 is 0. The predicted octanol–water partition coefficient (Wildman–Crippen LogP) is 3.03. The van der Waals surface area contributed by atoms with Gasteiger partial charge in [0.1, 0.15) is 5.82 Å². The molecule has 3 rings (SSSR count). The third-order valence-corrected chi connectivity index (χ3v) is 4.35. The number of imidazole rings is 1. The van der Waals surface area contributed by atoms with E-state index in [0.29, 0.717) is 24.3 Å². The van der Waals surface area contributed by atoms with Crippen molar-refractivity contribution in [2.75, 3.05) is 0 Å². The van der Waals surface area contributed by atoms with Gasteiger partial charge < -0.3 is 4.57 Å². The fourth-order valence-electron chi connectivity index (χ4n) is 3.25. The first kappa shape index (κ1) is 17.9. The third kappa shape index (κ3) is 2.92. The van der Waals surface area contributed by atoms with Crippen molar-refractivity contribution >= 4 is 11.2 Å². The van der Waals surface area contributed by atoms with Crippen LogP contribution in [0.1, 0.15) is 26.7 Å². The molecule has 136 valence electrons. The summed E-state index contributed by atoms with van der Waals surface area (Å²) in [7, 11) is 0. The molecule has 0 aliphatic carbocycles. The van der Waals surface area contributed by atoms with Crippen LogP contribution in [-0.2, 0) is 19.6 Å². The summed E-state index contributed by atoms with van der Waals surface area (Å²) in [5.74, 6) is 0.722. The smallest absolute Gasteiger partial charge is 0.318 e. The Morgan fingerprint density at radius 3 is 2.27 bits per heavy atom. The van der Waals surface area contributed by atoms with E-state index < -0.39 is 0 Å². The largest absolute Gasteiger partial charge is 0.333 e. The van der Waals surface area contributed by atoms with Crippen LogP contribution in [-0.4, -0.2) is 18.7 Å². The minimum absolute atomic E-state index is 0.190. The lowest BCUT2D eigenvalue weighted by Gasteiger charge is -2.11. The van der Waals surface area contributed by atoms with Gasteiger partial charge in [-0.3, -0.25) is 13.9 Å². The molecule has 0 unspecified atom stereocenters. The zero-order valence-electron chi connectivity index (χ0n) is 15.3. The van der Waals surface area contributed by atoms with Crippen LogP contribution in [0.4, 0.5) is 0 Å². The van der Waals surface area contributed by atoms with Crippen molar-refractivity contribution in [1.82, 2.24) is 18.7 Å². The lowest BCUT2D eigenvalue weighted by Crippen LogP contribution is -2.40. The summed E-state index contributed by atoms with van der Waals surface area (Å²) < 4.78 is 4.80. The van der Waals surface area contributed by atoms with Gasteiger partial charge in [-0.05, 0) is 12.8 Å². The normalized spacial score (nSPS) is 11.2. The monoisotopic (exact) mass is 352 g/mol. The van der Waals surface area contributed by atoms with E-state index in [2.05, 4.69) is 13.5 Å². The molecule has 0 aliphatic heterocycles. The molecule has 3 aromatic rings. The summed E-state index contributed by atoms with van der Waals surface area (Å²) in [6.45, 7) is 9.11. The van der Waals surface area contributed by atoms with Gasteiger partial charge in [-0.15, -0.1) is 6.58 Å². The number of hydrogen-bond acceptors (Lipinski definition) is 3. The maximum Gasteiger partial charge on any atom is 0.333 e. The zero-order chi connectivity index (χ0) is 18.7. The number of aryl methyl sites for hydroxylation is 2. The molecule has 0 fully saturated rings. The van der Waals surface area contributed by atoms with Crippen molar-refractivity contribution < 1.29 is 0 Å². The lowest BCUT2D eigenvalue weighted by atomic mass is 10.2. The molecule has 0 amide bonds. The van der Waals surface area contributed by atoms with E-state index >= 15 is 0 Å². The predicted molar refractivity (Wildman–Crippen MR) is 104 cm³/mol. The summed E-state index contributed by atoms with van der Waals surface area (Å²) in [5, 5.41) is 0. The zero-order valence-corrected chi connectivity index (χ0v) is 15.3. The van der Waals surface area contributed by atoms with E-state index in [1.54, 1.807) is 10.6 Å². The molecule has 6 heteroatoms. The SMILES string of the molecule is C=CCn1c(=O)c2c(nc(-c3ccccc3)n2CCC)n(CCC)c1=O. The van der Waals surface area contributed by atoms with Gasteiger partial charge in [0.25, 0.3) is 5.56 Å². The van der Waals surface area contributed by atoms with E-state index in [4.69, 9.17) is 4.98 Å². The van der Waals surface area contributed by atoms with Gasteiger partial charge in [0.05, 0.1) is 0 Å². The molecule has 0 saturated carbocycles. The Labute approximate surface area is 152 Å². The van der Waals surface area contributed by atoms with Crippen molar-refractivity contribution in [1.29, 1.82) is 0 Å². The Morgan fingerprint density at radius 2 is 1.65 bits per heavy atom. The minimum atomic E-state index is -0.329. The first-order valence-electron chi connectivity index (χ1n) is 9.04. The fourth-order valence-corrected chi connectivity index (χ4v) is 3.25. The van der Waals surface area contributed by atoms with E-state index in [9.17, 15) is 9.59 Å². The van der Waals surface area contributed by atoms with Crippen LogP contribution in [0.5, 0.6) is 0 Å². The molecule has 6 nitrogen and oxygen atoms in total. The molecule has 0 spiro atoms. The molecular formula is C20H24N4O2. The highest BCUT2D eigenvalue weighted by Crippen LogP contribution is 2.23. The van der Waals surface area contributed by atoms with Crippen LogP contribution in [0.2, 0.25) is 0 Å². The highest BCUT2D eigenvalue weighted by Gasteiger charge is 2.21. The van der Waals surface area contributed by atoms with Gasteiger partial charge in [0, 0.05) is 25.2 Å². The van der Waals surface area contributed by atoms with Crippen molar-refractivity contribution in [2.24, 2.45) is 0 Å². The van der Waals surface area contributed by atoms with Crippen molar-refractivity contribution in [3.8, 4) is 11.4 Å². The maximum absolute atomic E-state index is 13.1. The number of nitrogens with zero attached hydrogens (tertiary/aromatic N) is 4. The van der Waals surface area contributed by atoms with Gasteiger partial charge in [-0.2, -0.15) is 0 Å². The first-order chi connectivity index (χ1) is 12.6. The van der Waals surface area contributed by atoms with Gasteiger partial charge in [0.2, 0.25) is 0 Å². The molecule has 0 aliphatic rings. The van der Waals surface area contributed by atoms with Crippen LogP contribution >= 0.6 is 0 Å².